The van der Waals surface area contributed by atoms with E-state index in [-0.39, 0.29) is 17.5 Å². The van der Waals surface area contributed by atoms with Crippen molar-refractivity contribution in [2.75, 3.05) is 12.0 Å². The second kappa shape index (κ2) is 8.71. The summed E-state index contributed by atoms with van der Waals surface area (Å²) < 4.78 is 11.0. The molecule has 1 aliphatic heterocycles. The Morgan fingerprint density at radius 2 is 1.72 bits per heavy atom. The second-order valence-corrected chi connectivity index (χ2v) is 9.84. The molecule has 9 heteroatoms. The summed E-state index contributed by atoms with van der Waals surface area (Å²) in [4.78, 5) is 28.5. The topological polar surface area (TPSA) is 74.3 Å². The number of carbonyl (C=O) groups is 1. The van der Waals surface area contributed by atoms with Crippen LogP contribution in [0.3, 0.4) is 0 Å². The van der Waals surface area contributed by atoms with Crippen LogP contribution in [-0.4, -0.2) is 31.9 Å². The van der Waals surface area contributed by atoms with E-state index >= 15 is 0 Å². The number of nitrogens with zero attached hydrogens (tertiary/aromatic N) is 5. The molecule has 1 aromatic carbocycles. The highest BCUT2D eigenvalue weighted by Gasteiger charge is 2.44. The Balaban J connectivity index is 1.81. The number of halogens is 1. The minimum Gasteiger partial charge on any atom is -0.495 e. The van der Waals surface area contributed by atoms with Crippen LogP contribution in [0.5, 0.6) is 5.75 Å². The minimum atomic E-state index is -0.402. The van der Waals surface area contributed by atoms with Gasteiger partial charge in [-0.2, -0.15) is 5.10 Å². The van der Waals surface area contributed by atoms with Crippen molar-refractivity contribution in [2.24, 2.45) is 14.1 Å². The smallest absolute Gasteiger partial charge is 0.261 e. The first-order valence-electron chi connectivity index (χ1n) is 11.7. The number of rotatable bonds is 5. The van der Waals surface area contributed by atoms with E-state index in [1.165, 1.54) is 4.57 Å². The van der Waals surface area contributed by atoms with Crippen molar-refractivity contribution in [1.29, 1.82) is 0 Å². The van der Waals surface area contributed by atoms with Gasteiger partial charge < -0.3 is 13.9 Å². The number of anilines is 1. The van der Waals surface area contributed by atoms with Gasteiger partial charge in [0.15, 0.2) is 0 Å². The molecule has 0 N–H and O–H groups in total. The molecular formula is C27H28ClN5O3. The molecule has 1 atom stereocenters. The number of fused-ring (bicyclic) bond motifs is 1. The van der Waals surface area contributed by atoms with E-state index in [0.717, 1.165) is 28.3 Å². The molecule has 3 aromatic heterocycles. The summed E-state index contributed by atoms with van der Waals surface area (Å²) in [6, 6.07) is 10.6. The molecule has 0 aliphatic carbocycles. The molecule has 5 rings (SSSR count). The molecule has 4 aromatic rings. The summed E-state index contributed by atoms with van der Waals surface area (Å²) in [6.45, 7) is 6.04. The van der Waals surface area contributed by atoms with E-state index in [4.69, 9.17) is 16.3 Å². The van der Waals surface area contributed by atoms with Gasteiger partial charge in [0.2, 0.25) is 0 Å². The molecule has 1 aliphatic rings. The van der Waals surface area contributed by atoms with Crippen molar-refractivity contribution < 1.29 is 9.53 Å². The van der Waals surface area contributed by atoms with Crippen LogP contribution < -0.4 is 15.2 Å². The van der Waals surface area contributed by atoms with Crippen LogP contribution in [0.15, 0.2) is 53.6 Å². The van der Waals surface area contributed by atoms with Crippen LogP contribution in [0.25, 0.3) is 11.3 Å². The zero-order chi connectivity index (χ0) is 25.9. The number of ether oxygens (including phenoxy) is 1. The predicted octanol–water partition coefficient (Wildman–Crippen LogP) is 4.89. The number of benzene rings is 1. The highest BCUT2D eigenvalue weighted by atomic mass is 35.5. The van der Waals surface area contributed by atoms with Crippen LogP contribution in [0, 0.1) is 6.92 Å². The van der Waals surface area contributed by atoms with Crippen LogP contribution in [0.2, 0.25) is 5.02 Å². The fourth-order valence-electron chi connectivity index (χ4n) is 5.12. The third-order valence-electron chi connectivity index (χ3n) is 6.68. The molecule has 0 bridgehead atoms. The van der Waals surface area contributed by atoms with E-state index in [0.29, 0.717) is 21.9 Å². The third kappa shape index (κ3) is 3.64. The van der Waals surface area contributed by atoms with Gasteiger partial charge in [-0.3, -0.25) is 19.2 Å². The van der Waals surface area contributed by atoms with Crippen molar-refractivity contribution in [2.45, 2.75) is 32.9 Å². The molecule has 8 nitrogen and oxygen atoms in total. The lowest BCUT2D eigenvalue weighted by Gasteiger charge is -2.28. The quantitative estimate of drug-likeness (QED) is 0.387. The van der Waals surface area contributed by atoms with Crippen molar-refractivity contribution in [3.63, 3.8) is 0 Å². The van der Waals surface area contributed by atoms with Crippen LogP contribution in [-0.2, 0) is 14.1 Å². The van der Waals surface area contributed by atoms with Crippen LogP contribution >= 0.6 is 11.6 Å². The molecule has 1 unspecified atom stereocenters. The number of aromatic nitrogens is 4. The van der Waals surface area contributed by atoms with E-state index < -0.39 is 6.04 Å². The van der Waals surface area contributed by atoms with Gasteiger partial charge >= 0.3 is 0 Å². The number of hydrogen-bond acceptors (Lipinski definition) is 4. The van der Waals surface area contributed by atoms with Gasteiger partial charge in [-0.25, -0.2) is 0 Å². The van der Waals surface area contributed by atoms with Gasteiger partial charge in [0, 0.05) is 49.2 Å². The molecule has 0 radical (unpaired) electrons. The summed E-state index contributed by atoms with van der Waals surface area (Å²) >= 11 is 6.21. The summed E-state index contributed by atoms with van der Waals surface area (Å²) in [5.74, 6) is 0.440. The van der Waals surface area contributed by atoms with Gasteiger partial charge in [0.05, 0.1) is 35.4 Å². The molecule has 0 spiro atoms. The molecule has 0 saturated carbocycles. The van der Waals surface area contributed by atoms with Crippen LogP contribution in [0.1, 0.15) is 53.2 Å². The molecule has 36 heavy (non-hydrogen) atoms. The Hall–Kier alpha value is -3.78. The maximum atomic E-state index is 14.1. The van der Waals surface area contributed by atoms with E-state index in [1.807, 2.05) is 50.5 Å². The Kier molecular flexibility index (Phi) is 5.79. The SMILES string of the molecule is COc1cn(C)c(=O)cc1-c1cc2c(n1C(C)C)C(c1ccc(Cl)cc1)N(c1cn(C)nc1C)C2=O. The summed E-state index contributed by atoms with van der Waals surface area (Å²) in [6.07, 6.45) is 3.54. The number of hydrogen-bond donors (Lipinski definition) is 0. The average Bonchev–Trinajstić information content (AvgIpc) is 3.46. The molecule has 4 heterocycles. The van der Waals surface area contributed by atoms with Crippen molar-refractivity contribution in [1.82, 2.24) is 18.9 Å². The Bertz CT molecular complexity index is 1540. The third-order valence-corrected chi connectivity index (χ3v) is 6.93. The van der Waals surface area contributed by atoms with E-state index in [9.17, 15) is 9.59 Å². The highest BCUT2D eigenvalue weighted by molar-refractivity contribution is 6.30. The van der Waals surface area contributed by atoms with Crippen molar-refractivity contribution in [3.05, 3.63) is 86.7 Å². The van der Waals surface area contributed by atoms with Gasteiger partial charge in [0.25, 0.3) is 11.5 Å². The first-order valence-corrected chi connectivity index (χ1v) is 12.1. The standard InChI is InChI=1S/C27H28ClN5O3/c1-15(2)32-21(19-12-24(34)30(4)14-23(19)36-6)11-20-26(32)25(17-7-9-18(28)10-8-17)33(27(20)35)22-13-31(5)29-16(22)3/h7-15,25H,1-6H3. The Labute approximate surface area is 214 Å². The molecule has 0 saturated heterocycles. The second-order valence-electron chi connectivity index (χ2n) is 9.40. The van der Waals surface area contributed by atoms with Gasteiger partial charge in [-0.05, 0) is 44.5 Å². The molecule has 186 valence electrons. The lowest BCUT2D eigenvalue weighted by atomic mass is 10.0. The Morgan fingerprint density at radius 3 is 2.31 bits per heavy atom. The highest BCUT2D eigenvalue weighted by Crippen LogP contribution is 2.47. The maximum Gasteiger partial charge on any atom is 0.261 e. The fourth-order valence-corrected chi connectivity index (χ4v) is 5.24. The monoisotopic (exact) mass is 505 g/mol. The van der Waals surface area contributed by atoms with E-state index in [1.54, 1.807) is 36.0 Å². The van der Waals surface area contributed by atoms with Gasteiger partial charge in [-0.1, -0.05) is 23.7 Å². The molecule has 1 amide bonds. The van der Waals surface area contributed by atoms with Gasteiger partial charge in [0.1, 0.15) is 11.8 Å². The van der Waals surface area contributed by atoms with Gasteiger partial charge in [-0.15, -0.1) is 0 Å². The minimum absolute atomic E-state index is 0.00457. The zero-order valence-corrected chi connectivity index (χ0v) is 21.9. The first kappa shape index (κ1) is 23.9. The normalized spacial score (nSPS) is 15.2. The van der Waals surface area contributed by atoms with Crippen LogP contribution in [0.4, 0.5) is 5.69 Å². The fraction of sp³-hybridized carbons (Fsp3) is 0.296. The lowest BCUT2D eigenvalue weighted by molar-refractivity contribution is 0.0993. The zero-order valence-electron chi connectivity index (χ0n) is 21.1. The summed E-state index contributed by atoms with van der Waals surface area (Å²) in [5, 5.41) is 5.11. The van der Waals surface area contributed by atoms with Crippen molar-refractivity contribution >= 4 is 23.2 Å². The van der Waals surface area contributed by atoms with E-state index in [2.05, 4.69) is 23.5 Å². The van der Waals surface area contributed by atoms with Crippen molar-refractivity contribution in [3.8, 4) is 17.0 Å². The number of pyridine rings is 1. The lowest BCUT2D eigenvalue weighted by Crippen LogP contribution is -2.30. The largest absolute Gasteiger partial charge is 0.495 e. The number of methoxy groups -OCH3 is 1. The first-order chi connectivity index (χ1) is 17.1. The number of amides is 1. The maximum absolute atomic E-state index is 14.1. The predicted molar refractivity (Wildman–Crippen MR) is 140 cm³/mol. The number of carbonyl (C=O) groups excluding carboxylic acids is 1. The summed E-state index contributed by atoms with van der Waals surface area (Å²) in [5.41, 5.74) is 5.15. The Morgan fingerprint density at radius 1 is 1.03 bits per heavy atom. The molecule has 0 fully saturated rings. The summed E-state index contributed by atoms with van der Waals surface area (Å²) in [7, 11) is 5.11. The molecular weight excluding hydrogens is 478 g/mol. The average molecular weight is 506 g/mol. The number of aryl methyl sites for hydroxylation is 3.